The van der Waals surface area contributed by atoms with Crippen LogP contribution in [0.15, 0.2) is 37.1 Å². The molecule has 2 aliphatic rings. The number of pyridine rings is 1. The van der Waals surface area contributed by atoms with Crippen LogP contribution in [0, 0.1) is 5.82 Å². The first kappa shape index (κ1) is 28.3. The number of fused-ring (bicyclic) bond motifs is 2. The Morgan fingerprint density at radius 2 is 1.90 bits per heavy atom. The Balaban J connectivity index is 1.43. The number of methoxy groups -OCH3 is 1. The molecule has 0 unspecified atom stereocenters. The van der Waals surface area contributed by atoms with Gasteiger partial charge in [0.1, 0.15) is 23.8 Å². The van der Waals surface area contributed by atoms with Crippen LogP contribution in [0.5, 0.6) is 6.01 Å². The Hall–Kier alpha value is -3.87. The van der Waals surface area contributed by atoms with Crippen molar-refractivity contribution in [1.29, 1.82) is 0 Å². The van der Waals surface area contributed by atoms with Gasteiger partial charge in [-0.15, -0.1) is 0 Å². The molecule has 0 spiro atoms. The summed E-state index contributed by atoms with van der Waals surface area (Å²) in [6.45, 7) is 11.4. The molecule has 0 saturated carbocycles. The molecule has 13 heteroatoms. The van der Waals surface area contributed by atoms with Gasteiger partial charge in [0.25, 0.3) is 0 Å². The van der Waals surface area contributed by atoms with Crippen LogP contribution in [0.1, 0.15) is 13.8 Å². The van der Waals surface area contributed by atoms with E-state index in [4.69, 9.17) is 36.0 Å². The lowest BCUT2D eigenvalue weighted by atomic mass is 10.1. The van der Waals surface area contributed by atoms with Gasteiger partial charge in [-0.05, 0) is 32.1 Å². The number of piperazine rings is 1. The summed E-state index contributed by atoms with van der Waals surface area (Å²) < 4.78 is 26.9. The first-order valence-corrected chi connectivity index (χ1v) is 14.2. The summed E-state index contributed by atoms with van der Waals surface area (Å²) in [5, 5.41) is 8.14. The molecule has 1 amide bonds. The van der Waals surface area contributed by atoms with Gasteiger partial charge in [-0.3, -0.25) is 14.8 Å². The lowest BCUT2D eigenvalue weighted by molar-refractivity contribution is -0.126. The second kappa shape index (κ2) is 11.4. The van der Waals surface area contributed by atoms with Crippen molar-refractivity contribution in [3.8, 4) is 17.3 Å². The fraction of sp³-hybridized carbons (Fsp3) is 0.414. The minimum Gasteiger partial charge on any atom is -0.456 e. The summed E-state index contributed by atoms with van der Waals surface area (Å²) >= 11 is 6.45. The molecular formula is C29H32ClFN8O3. The average Bonchev–Trinajstić information content (AvgIpc) is 3.63. The van der Waals surface area contributed by atoms with Gasteiger partial charge in [0.05, 0.1) is 27.8 Å². The fourth-order valence-corrected chi connectivity index (χ4v) is 5.88. The van der Waals surface area contributed by atoms with Crippen LogP contribution in [0.4, 0.5) is 10.2 Å². The third kappa shape index (κ3) is 5.14. The highest BCUT2D eigenvalue weighted by Crippen LogP contribution is 2.37. The van der Waals surface area contributed by atoms with Crippen LogP contribution in [0.3, 0.4) is 0 Å². The number of ether oxygens (including phenoxy) is 2. The number of halogens is 2. The van der Waals surface area contributed by atoms with E-state index >= 15 is 0 Å². The zero-order valence-corrected chi connectivity index (χ0v) is 24.4. The number of H-pyrrole nitrogens is 1. The summed E-state index contributed by atoms with van der Waals surface area (Å²) in [6.07, 6.45) is 2.49. The molecule has 0 aliphatic carbocycles. The van der Waals surface area contributed by atoms with E-state index in [2.05, 4.69) is 40.4 Å². The molecule has 1 N–H and O–H groups in total. The van der Waals surface area contributed by atoms with E-state index in [0.29, 0.717) is 77.8 Å². The maximum absolute atomic E-state index is 14.7. The number of carbonyl (C=O) groups is 1. The molecule has 1 aromatic carbocycles. The normalized spacial score (nSPS) is 19.8. The highest BCUT2D eigenvalue weighted by molar-refractivity contribution is 6.35. The summed E-state index contributed by atoms with van der Waals surface area (Å²) in [5.41, 5.74) is 1.75. The van der Waals surface area contributed by atoms with E-state index in [9.17, 15) is 9.18 Å². The average molecular weight is 595 g/mol. The maximum atomic E-state index is 14.7. The lowest BCUT2D eigenvalue weighted by Crippen LogP contribution is -2.48. The van der Waals surface area contributed by atoms with Crippen molar-refractivity contribution in [3.05, 3.63) is 47.9 Å². The van der Waals surface area contributed by atoms with Gasteiger partial charge < -0.3 is 19.3 Å². The number of anilines is 1. The maximum Gasteiger partial charge on any atom is 0.320 e. The Labute approximate surface area is 247 Å². The predicted molar refractivity (Wildman–Crippen MR) is 158 cm³/mol. The first-order chi connectivity index (χ1) is 20.3. The number of hydrogen-bond acceptors (Lipinski definition) is 9. The van der Waals surface area contributed by atoms with Crippen LogP contribution in [-0.2, 0) is 9.53 Å². The number of rotatable bonds is 7. The summed E-state index contributed by atoms with van der Waals surface area (Å²) in [6, 6.07) is 5.45. The van der Waals surface area contributed by atoms with Gasteiger partial charge in [-0.2, -0.15) is 15.1 Å². The first-order valence-electron chi connectivity index (χ1n) is 13.9. The molecule has 6 rings (SSSR count). The largest absolute Gasteiger partial charge is 0.456 e. The second-order valence-electron chi connectivity index (χ2n) is 10.8. The SMILES string of the molecule is C=CC(=O)N1CCN(c2nc(O[C@@H]3CN(C(C)C)C[C@H]3OC)nc3nc(-c4c(Cl)c(F)cc5[nH]ncc45)ccc23)CC1. The number of nitrogens with zero attached hydrogens (tertiary/aromatic N) is 7. The van der Waals surface area contributed by atoms with Crippen molar-refractivity contribution in [3.63, 3.8) is 0 Å². The minimum atomic E-state index is -0.578. The number of nitrogens with one attached hydrogen (secondary N) is 1. The van der Waals surface area contributed by atoms with Gasteiger partial charge >= 0.3 is 6.01 Å². The van der Waals surface area contributed by atoms with Crippen LogP contribution in [-0.4, -0.2) is 105 Å². The molecule has 220 valence electrons. The molecule has 2 saturated heterocycles. The number of aromatic nitrogens is 5. The number of likely N-dealkylation sites (tertiary alicyclic amines) is 1. The highest BCUT2D eigenvalue weighted by atomic mass is 35.5. The van der Waals surface area contributed by atoms with E-state index < -0.39 is 5.82 Å². The van der Waals surface area contributed by atoms with Crippen LogP contribution < -0.4 is 9.64 Å². The second-order valence-corrected chi connectivity index (χ2v) is 11.1. The molecule has 3 aromatic heterocycles. The Bertz CT molecular complexity index is 1660. The van der Waals surface area contributed by atoms with Crippen LogP contribution in [0.2, 0.25) is 5.02 Å². The molecule has 4 aromatic rings. The van der Waals surface area contributed by atoms with Crippen molar-refractivity contribution in [2.75, 3.05) is 51.3 Å². The van der Waals surface area contributed by atoms with E-state index in [0.717, 1.165) is 6.54 Å². The van der Waals surface area contributed by atoms with Crippen molar-refractivity contribution in [1.82, 2.24) is 34.9 Å². The number of hydrogen-bond donors (Lipinski definition) is 1. The monoisotopic (exact) mass is 594 g/mol. The van der Waals surface area contributed by atoms with E-state index in [-0.39, 0.29) is 29.1 Å². The van der Waals surface area contributed by atoms with E-state index in [1.165, 1.54) is 12.1 Å². The number of aromatic amines is 1. The van der Waals surface area contributed by atoms with Crippen molar-refractivity contribution >= 4 is 45.3 Å². The van der Waals surface area contributed by atoms with E-state index in [1.807, 2.05) is 6.07 Å². The Kier molecular flexibility index (Phi) is 7.69. The Morgan fingerprint density at radius 1 is 1.14 bits per heavy atom. The molecular weight excluding hydrogens is 563 g/mol. The van der Waals surface area contributed by atoms with Gasteiger partial charge in [0.2, 0.25) is 5.91 Å². The smallest absolute Gasteiger partial charge is 0.320 e. The molecule has 2 fully saturated rings. The standard InChI is InChI=1S/C29H32ClFN8O3/c1-5-24(40)37-8-10-38(11-9-37)28-17-6-7-20(25-18-13-32-36-21(18)12-19(31)26(25)30)33-27(17)34-29(35-28)42-23-15-39(16(2)3)14-22(23)41-4/h5-7,12-13,16,22-23H,1,8-11,14-15H2,2-4H3,(H,32,36)/t22-,23-/m1/s1. The summed E-state index contributed by atoms with van der Waals surface area (Å²) in [7, 11) is 1.68. The molecule has 5 heterocycles. The van der Waals surface area contributed by atoms with E-state index in [1.54, 1.807) is 24.3 Å². The number of benzene rings is 1. The quantitative estimate of drug-likeness (QED) is 0.320. The number of carbonyl (C=O) groups excluding carboxylic acids is 1. The Morgan fingerprint density at radius 3 is 2.62 bits per heavy atom. The molecule has 2 atom stereocenters. The topological polar surface area (TPSA) is 113 Å². The zero-order valence-electron chi connectivity index (χ0n) is 23.7. The molecule has 0 bridgehead atoms. The molecule has 11 nitrogen and oxygen atoms in total. The van der Waals surface area contributed by atoms with Gasteiger partial charge in [-0.1, -0.05) is 18.2 Å². The third-order valence-electron chi connectivity index (χ3n) is 8.01. The molecule has 0 radical (unpaired) electrons. The van der Waals surface area contributed by atoms with Gasteiger partial charge in [0, 0.05) is 69.4 Å². The number of amides is 1. The van der Waals surface area contributed by atoms with Gasteiger partial charge in [0.15, 0.2) is 5.65 Å². The van der Waals surface area contributed by atoms with Crippen molar-refractivity contribution in [2.45, 2.75) is 32.1 Å². The van der Waals surface area contributed by atoms with Crippen molar-refractivity contribution in [2.24, 2.45) is 0 Å². The van der Waals surface area contributed by atoms with Crippen LogP contribution >= 0.6 is 11.6 Å². The highest BCUT2D eigenvalue weighted by Gasteiger charge is 2.36. The van der Waals surface area contributed by atoms with Gasteiger partial charge in [-0.25, -0.2) is 9.37 Å². The lowest BCUT2D eigenvalue weighted by Gasteiger charge is -2.35. The minimum absolute atomic E-state index is 0.0489. The van der Waals surface area contributed by atoms with Crippen LogP contribution in [0.25, 0.3) is 33.2 Å². The van der Waals surface area contributed by atoms with Crippen molar-refractivity contribution < 1.29 is 18.7 Å². The molecule has 42 heavy (non-hydrogen) atoms. The fourth-order valence-electron chi connectivity index (χ4n) is 5.63. The summed E-state index contributed by atoms with van der Waals surface area (Å²) in [4.78, 5) is 32.7. The summed E-state index contributed by atoms with van der Waals surface area (Å²) in [5.74, 6) is -0.0333. The third-order valence-corrected chi connectivity index (χ3v) is 8.38. The predicted octanol–water partition coefficient (Wildman–Crippen LogP) is 3.68. The zero-order chi connectivity index (χ0) is 29.5. The molecule has 2 aliphatic heterocycles.